The zero-order valence-electron chi connectivity index (χ0n) is 16.3. The number of benzene rings is 2. The minimum Gasteiger partial charge on any atom is -0.338 e. The van der Waals surface area contributed by atoms with Crippen LogP contribution in [-0.2, 0) is 0 Å². The second-order valence-electron chi connectivity index (χ2n) is 4.91. The van der Waals surface area contributed by atoms with Crippen molar-refractivity contribution in [3.63, 3.8) is 0 Å². The Hall–Kier alpha value is -2.45. The van der Waals surface area contributed by atoms with Crippen molar-refractivity contribution < 1.29 is 8.91 Å². The third kappa shape index (κ3) is 6.99. The van der Waals surface area contributed by atoms with Crippen molar-refractivity contribution in [2.45, 2.75) is 39.4 Å². The highest BCUT2D eigenvalue weighted by Gasteiger charge is 2.12. The monoisotopic (exact) mass is 430 g/mol. The molecular formula is C22H24BrFN2O. The van der Waals surface area contributed by atoms with Crippen molar-refractivity contribution in [2.24, 2.45) is 0 Å². The van der Waals surface area contributed by atoms with E-state index in [1.807, 2.05) is 58.9 Å². The molecule has 1 unspecified atom stereocenters. The molecule has 1 atom stereocenters. The molecule has 3 nitrogen and oxygen atoms in total. The highest BCUT2D eigenvalue weighted by molar-refractivity contribution is 9.09. The van der Waals surface area contributed by atoms with Crippen LogP contribution >= 0.6 is 15.9 Å². The number of aromatic nitrogens is 2. The fourth-order valence-electron chi connectivity index (χ4n) is 1.93. The van der Waals surface area contributed by atoms with E-state index in [0.29, 0.717) is 17.3 Å². The van der Waals surface area contributed by atoms with Gasteiger partial charge in [-0.3, -0.25) is 0 Å². The molecule has 0 N–H and O–H groups in total. The van der Waals surface area contributed by atoms with Gasteiger partial charge in [0.05, 0.1) is 4.83 Å². The molecule has 0 saturated heterocycles. The Morgan fingerprint density at radius 1 is 0.963 bits per heavy atom. The minimum absolute atomic E-state index is 0.0140. The average Bonchev–Trinajstić information content (AvgIpc) is 3.21. The summed E-state index contributed by atoms with van der Waals surface area (Å²) in [5.74, 6) is 6.72. The lowest BCUT2D eigenvalue weighted by Crippen LogP contribution is -1.85. The van der Waals surface area contributed by atoms with Crippen LogP contribution in [0.15, 0.2) is 53.1 Å². The molecule has 27 heavy (non-hydrogen) atoms. The summed E-state index contributed by atoms with van der Waals surface area (Å²) in [5.41, 5.74) is 2.32. The number of halogens is 2. The molecule has 2 aromatic carbocycles. The summed E-state index contributed by atoms with van der Waals surface area (Å²) in [6.45, 7) is 9.92. The molecule has 5 heteroatoms. The molecule has 0 bridgehead atoms. The largest absolute Gasteiger partial charge is 0.338 e. The molecule has 3 rings (SSSR count). The second kappa shape index (κ2) is 12.0. The Morgan fingerprint density at radius 3 is 2.15 bits per heavy atom. The lowest BCUT2D eigenvalue weighted by atomic mass is 10.1. The predicted octanol–water partition coefficient (Wildman–Crippen LogP) is 6.78. The maximum absolute atomic E-state index is 13.1. The summed E-state index contributed by atoms with van der Waals surface area (Å²) in [5, 5.41) is 3.95. The zero-order chi connectivity index (χ0) is 20.2. The standard InChI is InChI=1S/C18H12BrFN2O.2C2H6/c1-12(19)18-21-17(22-23-18)15-9-7-13(8-10-15)5-6-14-3-2-4-16(20)11-14;2*1-2/h2-4,7-12H,1H3;2*1-2H3. The van der Waals surface area contributed by atoms with E-state index in [1.54, 1.807) is 12.1 Å². The molecule has 142 valence electrons. The van der Waals surface area contributed by atoms with Gasteiger partial charge in [-0.1, -0.05) is 66.7 Å². The minimum atomic E-state index is -0.291. The fourth-order valence-corrected chi connectivity index (χ4v) is 2.11. The number of hydrogen-bond acceptors (Lipinski definition) is 3. The third-order valence-electron chi connectivity index (χ3n) is 3.10. The number of alkyl halides is 1. The van der Waals surface area contributed by atoms with Crippen LogP contribution in [0.3, 0.4) is 0 Å². The van der Waals surface area contributed by atoms with Crippen molar-refractivity contribution in [3.8, 4) is 23.2 Å². The molecule has 0 fully saturated rings. The molecule has 0 spiro atoms. The van der Waals surface area contributed by atoms with E-state index in [-0.39, 0.29) is 10.6 Å². The maximum atomic E-state index is 13.1. The van der Waals surface area contributed by atoms with Crippen LogP contribution in [0.4, 0.5) is 4.39 Å². The summed E-state index contributed by atoms with van der Waals surface area (Å²) in [4.78, 5) is 4.32. The van der Waals surface area contributed by atoms with Crippen LogP contribution in [0, 0.1) is 17.7 Å². The van der Waals surface area contributed by atoms with E-state index in [1.165, 1.54) is 12.1 Å². The summed E-state index contributed by atoms with van der Waals surface area (Å²) in [6, 6.07) is 13.7. The van der Waals surface area contributed by atoms with Gasteiger partial charge in [0.25, 0.3) is 0 Å². The Labute approximate surface area is 169 Å². The van der Waals surface area contributed by atoms with Crippen LogP contribution in [0.2, 0.25) is 0 Å². The predicted molar refractivity (Wildman–Crippen MR) is 112 cm³/mol. The van der Waals surface area contributed by atoms with Gasteiger partial charge < -0.3 is 4.52 Å². The van der Waals surface area contributed by atoms with E-state index >= 15 is 0 Å². The van der Waals surface area contributed by atoms with E-state index in [9.17, 15) is 4.39 Å². The normalized spacial score (nSPS) is 10.3. The first kappa shape index (κ1) is 22.6. The molecule has 0 aliphatic heterocycles. The smallest absolute Gasteiger partial charge is 0.240 e. The Balaban J connectivity index is 0.000000855. The Bertz CT molecular complexity index is 877. The zero-order valence-corrected chi connectivity index (χ0v) is 17.8. The Morgan fingerprint density at radius 2 is 1.59 bits per heavy atom. The molecule has 0 amide bonds. The first-order valence-corrected chi connectivity index (χ1v) is 9.89. The van der Waals surface area contributed by atoms with Gasteiger partial charge >= 0.3 is 0 Å². The molecule has 0 radical (unpaired) electrons. The summed E-state index contributed by atoms with van der Waals surface area (Å²) >= 11 is 3.39. The van der Waals surface area contributed by atoms with E-state index in [2.05, 4.69) is 37.9 Å². The Kier molecular flexibility index (Phi) is 10.1. The van der Waals surface area contributed by atoms with Crippen LogP contribution in [0.1, 0.15) is 56.5 Å². The quantitative estimate of drug-likeness (QED) is 0.332. The van der Waals surface area contributed by atoms with Crippen LogP contribution in [0.5, 0.6) is 0 Å². The molecule has 1 heterocycles. The fraction of sp³-hybridized carbons (Fsp3) is 0.273. The van der Waals surface area contributed by atoms with Gasteiger partial charge in [0.2, 0.25) is 11.7 Å². The first-order valence-electron chi connectivity index (χ1n) is 8.97. The van der Waals surface area contributed by atoms with E-state index in [0.717, 1.165) is 11.1 Å². The summed E-state index contributed by atoms with van der Waals surface area (Å²) in [6.07, 6.45) is 0. The van der Waals surface area contributed by atoms with Crippen LogP contribution in [-0.4, -0.2) is 10.1 Å². The van der Waals surface area contributed by atoms with Gasteiger partial charge in [-0.15, -0.1) is 0 Å². The van der Waals surface area contributed by atoms with E-state index in [4.69, 9.17) is 4.52 Å². The lowest BCUT2D eigenvalue weighted by Gasteiger charge is -1.95. The van der Waals surface area contributed by atoms with Crippen LogP contribution in [0.25, 0.3) is 11.4 Å². The molecule has 3 aromatic rings. The van der Waals surface area contributed by atoms with Gasteiger partial charge in [0, 0.05) is 16.7 Å². The second-order valence-corrected chi connectivity index (χ2v) is 6.28. The summed E-state index contributed by atoms with van der Waals surface area (Å²) in [7, 11) is 0. The molecule has 0 aliphatic carbocycles. The lowest BCUT2D eigenvalue weighted by molar-refractivity contribution is 0.382. The van der Waals surface area contributed by atoms with Gasteiger partial charge in [-0.25, -0.2) is 4.39 Å². The van der Waals surface area contributed by atoms with Gasteiger partial charge in [0.15, 0.2) is 0 Å². The number of rotatable bonds is 2. The SMILES string of the molecule is CC.CC.CC(Br)c1nc(-c2ccc(C#Cc3cccc(F)c3)cc2)no1. The van der Waals surface area contributed by atoms with Gasteiger partial charge in [-0.05, 0) is 49.4 Å². The molecule has 0 aliphatic rings. The van der Waals surface area contributed by atoms with Gasteiger partial charge in [-0.2, -0.15) is 4.98 Å². The summed E-state index contributed by atoms with van der Waals surface area (Å²) < 4.78 is 18.3. The first-order chi connectivity index (χ1) is 13.1. The van der Waals surface area contributed by atoms with Crippen molar-refractivity contribution in [2.75, 3.05) is 0 Å². The number of hydrogen-bond donors (Lipinski definition) is 0. The average molecular weight is 431 g/mol. The van der Waals surface area contributed by atoms with E-state index < -0.39 is 0 Å². The van der Waals surface area contributed by atoms with Crippen molar-refractivity contribution in [3.05, 3.63) is 71.4 Å². The maximum Gasteiger partial charge on any atom is 0.240 e. The molecular weight excluding hydrogens is 407 g/mol. The third-order valence-corrected chi connectivity index (χ3v) is 3.49. The molecule has 0 saturated carbocycles. The highest BCUT2D eigenvalue weighted by Crippen LogP contribution is 2.23. The number of nitrogens with zero attached hydrogens (tertiary/aromatic N) is 2. The van der Waals surface area contributed by atoms with Crippen molar-refractivity contribution in [1.82, 2.24) is 10.1 Å². The topological polar surface area (TPSA) is 38.9 Å². The van der Waals surface area contributed by atoms with Crippen molar-refractivity contribution >= 4 is 15.9 Å². The van der Waals surface area contributed by atoms with Crippen molar-refractivity contribution in [1.29, 1.82) is 0 Å². The van der Waals surface area contributed by atoms with Gasteiger partial charge in [0.1, 0.15) is 5.82 Å². The highest BCUT2D eigenvalue weighted by atomic mass is 79.9. The van der Waals surface area contributed by atoms with Crippen LogP contribution < -0.4 is 0 Å². The molecule has 1 aromatic heterocycles.